The number of aryl methyl sites for hydroxylation is 1. The smallest absolute Gasteiger partial charge is 0.343 e. The molecule has 24 heavy (non-hydrogen) atoms. The van der Waals surface area contributed by atoms with Crippen LogP contribution in [0.2, 0.25) is 0 Å². The van der Waals surface area contributed by atoms with Gasteiger partial charge in [0.05, 0.1) is 21.1 Å². The fraction of sp³-hybridized carbons (Fsp3) is 0.278. The summed E-state index contributed by atoms with van der Waals surface area (Å²) < 4.78 is 13.6. The maximum absolute atomic E-state index is 12.4. The first-order valence-corrected chi connectivity index (χ1v) is 9.90. The molecule has 3 nitrogen and oxygen atoms in total. The van der Waals surface area contributed by atoms with Gasteiger partial charge in [-0.1, -0.05) is 29.3 Å². The molecule has 0 atom stereocenters. The summed E-state index contributed by atoms with van der Waals surface area (Å²) in [5.41, 5.74) is 1.32. The van der Waals surface area contributed by atoms with Crippen LogP contribution in [0.3, 0.4) is 0 Å². The summed E-state index contributed by atoms with van der Waals surface area (Å²) in [6, 6.07) is 8.94. The molecule has 6 heteroatoms. The molecule has 0 fully saturated rings. The number of hydrogen-bond acceptors (Lipinski definition) is 3. The van der Waals surface area contributed by atoms with Crippen molar-refractivity contribution in [2.45, 2.75) is 26.7 Å². The van der Waals surface area contributed by atoms with Crippen molar-refractivity contribution < 1.29 is 14.3 Å². The Bertz CT molecular complexity index is 721. The second kappa shape index (κ2) is 9.02. The lowest BCUT2D eigenvalue weighted by Crippen LogP contribution is -2.10. The second-order valence-corrected chi connectivity index (χ2v) is 7.89. The molecule has 0 aliphatic carbocycles. The van der Waals surface area contributed by atoms with Crippen LogP contribution in [0.25, 0.3) is 0 Å². The fourth-order valence-electron chi connectivity index (χ4n) is 2.04. The average molecular weight is 521 g/mol. The van der Waals surface area contributed by atoms with Gasteiger partial charge in [-0.3, -0.25) is 0 Å². The van der Waals surface area contributed by atoms with E-state index in [0.717, 1.165) is 37.6 Å². The Kier molecular flexibility index (Phi) is 7.32. The number of halogens is 3. The summed E-state index contributed by atoms with van der Waals surface area (Å²) in [5.74, 6) is 0.825. The van der Waals surface area contributed by atoms with Gasteiger partial charge in [-0.2, -0.15) is 0 Å². The Hall–Kier alpha value is -0.850. The topological polar surface area (TPSA) is 35.5 Å². The van der Waals surface area contributed by atoms with Crippen LogP contribution in [-0.4, -0.2) is 12.6 Å². The summed E-state index contributed by atoms with van der Waals surface area (Å²) in [7, 11) is 0. The van der Waals surface area contributed by atoms with Crippen molar-refractivity contribution in [1.29, 1.82) is 0 Å². The van der Waals surface area contributed by atoms with Gasteiger partial charge in [0.25, 0.3) is 0 Å². The van der Waals surface area contributed by atoms with Gasteiger partial charge in [0.2, 0.25) is 0 Å². The van der Waals surface area contributed by atoms with Crippen molar-refractivity contribution in [1.82, 2.24) is 0 Å². The van der Waals surface area contributed by atoms with E-state index in [1.165, 1.54) is 0 Å². The number of unbranched alkanes of at least 4 members (excludes halogenated alkanes) is 1. The van der Waals surface area contributed by atoms with Gasteiger partial charge in [0.1, 0.15) is 11.5 Å². The lowest BCUT2D eigenvalue weighted by atomic mass is 10.2. The number of esters is 1. The largest absolute Gasteiger partial charge is 0.492 e. The third kappa shape index (κ3) is 5.07. The van der Waals surface area contributed by atoms with E-state index in [1.807, 2.05) is 19.1 Å². The molecule has 0 saturated carbocycles. The van der Waals surface area contributed by atoms with E-state index < -0.39 is 5.97 Å². The minimum Gasteiger partial charge on any atom is -0.492 e. The third-order valence-corrected chi connectivity index (χ3v) is 4.98. The average Bonchev–Trinajstić information content (AvgIpc) is 2.52. The first kappa shape index (κ1) is 19.5. The van der Waals surface area contributed by atoms with Gasteiger partial charge in [0.15, 0.2) is 0 Å². The number of carbonyl (C=O) groups is 1. The number of ether oxygens (including phenoxy) is 2. The molecule has 2 aromatic rings. The Morgan fingerprint density at radius 3 is 2.46 bits per heavy atom. The Balaban J connectivity index is 2.14. The van der Waals surface area contributed by atoms with Crippen molar-refractivity contribution in [3.05, 3.63) is 54.9 Å². The van der Waals surface area contributed by atoms with E-state index in [1.54, 1.807) is 18.2 Å². The van der Waals surface area contributed by atoms with E-state index in [2.05, 4.69) is 54.7 Å². The van der Waals surface area contributed by atoms with E-state index in [4.69, 9.17) is 9.47 Å². The number of rotatable bonds is 6. The monoisotopic (exact) mass is 518 g/mol. The standard InChI is InChI=1S/C18H17Br3O3/c1-3-4-7-23-16-6-5-12(9-14(16)20)18(22)24-17-11(2)8-13(19)10-15(17)21/h5-6,8-10H,3-4,7H2,1-2H3. The molecule has 0 bridgehead atoms. The highest BCUT2D eigenvalue weighted by Crippen LogP contribution is 2.33. The first-order chi connectivity index (χ1) is 11.4. The molecule has 0 unspecified atom stereocenters. The molecule has 128 valence electrons. The first-order valence-electron chi connectivity index (χ1n) is 7.52. The maximum Gasteiger partial charge on any atom is 0.343 e. The van der Waals surface area contributed by atoms with Gasteiger partial charge < -0.3 is 9.47 Å². The summed E-state index contributed by atoms with van der Waals surface area (Å²) in [6.07, 6.45) is 2.07. The molecule has 0 N–H and O–H groups in total. The molecular weight excluding hydrogens is 504 g/mol. The minimum atomic E-state index is -0.415. The van der Waals surface area contributed by atoms with Crippen molar-refractivity contribution >= 4 is 53.8 Å². The minimum absolute atomic E-state index is 0.415. The van der Waals surface area contributed by atoms with Crippen molar-refractivity contribution in [3.63, 3.8) is 0 Å². The van der Waals surface area contributed by atoms with Gasteiger partial charge >= 0.3 is 5.97 Å². The molecule has 0 radical (unpaired) electrons. The SMILES string of the molecule is CCCCOc1ccc(C(=O)Oc2c(C)cc(Br)cc2Br)cc1Br. The fourth-order valence-corrected chi connectivity index (χ4v) is 4.05. The Morgan fingerprint density at radius 1 is 1.08 bits per heavy atom. The lowest BCUT2D eigenvalue weighted by Gasteiger charge is -2.12. The number of hydrogen-bond donors (Lipinski definition) is 0. The van der Waals surface area contributed by atoms with E-state index in [0.29, 0.717) is 17.9 Å². The molecule has 0 aromatic heterocycles. The van der Waals surface area contributed by atoms with E-state index in [-0.39, 0.29) is 0 Å². The molecule has 2 aromatic carbocycles. The lowest BCUT2D eigenvalue weighted by molar-refractivity contribution is 0.0732. The predicted molar refractivity (Wildman–Crippen MR) is 106 cm³/mol. The number of carbonyl (C=O) groups excluding carboxylic acids is 1. The van der Waals surface area contributed by atoms with Gasteiger partial charge in [-0.05, 0) is 81.1 Å². The molecule has 0 aliphatic heterocycles. The highest BCUT2D eigenvalue weighted by molar-refractivity contribution is 9.11. The zero-order chi connectivity index (χ0) is 17.7. The quantitative estimate of drug-likeness (QED) is 0.242. The van der Waals surface area contributed by atoms with E-state index >= 15 is 0 Å². The van der Waals surface area contributed by atoms with Crippen LogP contribution in [0.1, 0.15) is 35.7 Å². The summed E-state index contributed by atoms with van der Waals surface area (Å²) >= 11 is 10.3. The van der Waals surface area contributed by atoms with Crippen LogP contribution in [0, 0.1) is 6.92 Å². The molecule has 0 saturated heterocycles. The van der Waals surface area contributed by atoms with Crippen LogP contribution in [0.5, 0.6) is 11.5 Å². The van der Waals surface area contributed by atoms with Crippen LogP contribution < -0.4 is 9.47 Å². The number of benzene rings is 2. The van der Waals surface area contributed by atoms with Gasteiger partial charge in [-0.25, -0.2) is 4.79 Å². The van der Waals surface area contributed by atoms with Crippen LogP contribution in [0.4, 0.5) is 0 Å². The summed E-state index contributed by atoms with van der Waals surface area (Å²) in [5, 5.41) is 0. The summed E-state index contributed by atoms with van der Waals surface area (Å²) in [6.45, 7) is 4.66. The van der Waals surface area contributed by atoms with Crippen LogP contribution in [0.15, 0.2) is 43.7 Å². The predicted octanol–water partition coefficient (Wildman–Crippen LogP) is 6.68. The Labute approximate surface area is 167 Å². The van der Waals surface area contributed by atoms with Gasteiger partial charge in [0, 0.05) is 4.47 Å². The third-order valence-electron chi connectivity index (χ3n) is 3.31. The molecule has 0 amide bonds. The summed E-state index contributed by atoms with van der Waals surface area (Å²) in [4.78, 5) is 12.4. The molecule has 0 spiro atoms. The Morgan fingerprint density at radius 2 is 1.83 bits per heavy atom. The second-order valence-electron chi connectivity index (χ2n) is 5.27. The zero-order valence-corrected chi connectivity index (χ0v) is 18.1. The molecule has 2 rings (SSSR count). The molecular formula is C18H17Br3O3. The van der Waals surface area contributed by atoms with Crippen LogP contribution in [-0.2, 0) is 0 Å². The van der Waals surface area contributed by atoms with Crippen molar-refractivity contribution in [3.8, 4) is 11.5 Å². The van der Waals surface area contributed by atoms with Crippen molar-refractivity contribution in [2.24, 2.45) is 0 Å². The maximum atomic E-state index is 12.4. The van der Waals surface area contributed by atoms with Gasteiger partial charge in [-0.15, -0.1) is 0 Å². The highest BCUT2D eigenvalue weighted by atomic mass is 79.9. The van der Waals surface area contributed by atoms with Crippen molar-refractivity contribution in [2.75, 3.05) is 6.61 Å². The van der Waals surface area contributed by atoms with Crippen LogP contribution >= 0.6 is 47.8 Å². The molecule has 0 heterocycles. The van der Waals surface area contributed by atoms with E-state index in [9.17, 15) is 4.79 Å². The zero-order valence-electron chi connectivity index (χ0n) is 13.4. The normalized spacial score (nSPS) is 10.5. The highest BCUT2D eigenvalue weighted by Gasteiger charge is 2.15. The molecule has 0 aliphatic rings.